The number of para-hydroxylation sites is 1. The fourth-order valence-corrected chi connectivity index (χ4v) is 1.84. The molecule has 1 atom stereocenters. The normalized spacial score (nSPS) is 12.5. The van der Waals surface area contributed by atoms with E-state index in [4.69, 9.17) is 4.74 Å². The van der Waals surface area contributed by atoms with Crippen molar-refractivity contribution >= 4 is 0 Å². The maximum atomic E-state index is 10.4. The highest BCUT2D eigenvalue weighted by Crippen LogP contribution is 2.30. The highest BCUT2D eigenvalue weighted by molar-refractivity contribution is 5.40. The Kier molecular flexibility index (Phi) is 3.15. The van der Waals surface area contributed by atoms with Gasteiger partial charge < -0.3 is 9.84 Å². The van der Waals surface area contributed by atoms with Gasteiger partial charge in [-0.25, -0.2) is 0 Å². The van der Waals surface area contributed by atoms with Gasteiger partial charge in [-0.3, -0.25) is 4.68 Å². The van der Waals surface area contributed by atoms with Crippen molar-refractivity contribution in [2.24, 2.45) is 7.05 Å². The van der Waals surface area contributed by atoms with Gasteiger partial charge in [0.2, 0.25) is 0 Å². The molecular weight excluding hydrogens is 216 g/mol. The molecule has 0 bridgehead atoms. The lowest BCUT2D eigenvalue weighted by Crippen LogP contribution is -2.04. The number of rotatable bonds is 3. The molecule has 1 aromatic heterocycles. The molecule has 2 rings (SSSR count). The van der Waals surface area contributed by atoms with E-state index in [2.05, 4.69) is 5.10 Å². The monoisotopic (exact) mass is 232 g/mol. The maximum Gasteiger partial charge on any atom is 0.125 e. The van der Waals surface area contributed by atoms with Gasteiger partial charge in [0, 0.05) is 23.9 Å². The molecule has 0 spiro atoms. The minimum absolute atomic E-state index is 0.684. The Hall–Kier alpha value is -1.81. The van der Waals surface area contributed by atoms with Gasteiger partial charge in [0.15, 0.2) is 0 Å². The molecule has 0 amide bonds. The highest BCUT2D eigenvalue weighted by Gasteiger charge is 2.18. The van der Waals surface area contributed by atoms with E-state index in [1.54, 1.807) is 18.0 Å². The van der Waals surface area contributed by atoms with Crippen molar-refractivity contribution in [3.8, 4) is 5.75 Å². The number of hydrogen-bond acceptors (Lipinski definition) is 3. The largest absolute Gasteiger partial charge is 0.496 e. The Labute approximate surface area is 100 Å². The molecule has 1 unspecified atom stereocenters. The van der Waals surface area contributed by atoms with Crippen LogP contribution in [-0.4, -0.2) is 22.0 Å². The van der Waals surface area contributed by atoms with E-state index in [0.717, 1.165) is 16.8 Å². The Morgan fingerprint density at radius 2 is 2.00 bits per heavy atom. The molecule has 1 aromatic carbocycles. The second-order valence-electron chi connectivity index (χ2n) is 3.95. The van der Waals surface area contributed by atoms with Crippen LogP contribution >= 0.6 is 0 Å². The Balaban J connectivity index is 2.43. The summed E-state index contributed by atoms with van der Waals surface area (Å²) in [7, 11) is 3.45. The number of aliphatic hydroxyl groups is 1. The molecule has 4 nitrogen and oxygen atoms in total. The summed E-state index contributed by atoms with van der Waals surface area (Å²) in [6.07, 6.45) is 0.978. The molecule has 90 valence electrons. The first kappa shape index (κ1) is 11.7. The minimum Gasteiger partial charge on any atom is -0.496 e. The van der Waals surface area contributed by atoms with Crippen LogP contribution in [0.3, 0.4) is 0 Å². The summed E-state index contributed by atoms with van der Waals surface area (Å²) in [4.78, 5) is 0. The number of aromatic nitrogens is 2. The number of aliphatic hydroxyl groups excluding tert-OH is 1. The third kappa shape index (κ3) is 2.03. The van der Waals surface area contributed by atoms with Crippen LogP contribution in [0, 0.1) is 6.92 Å². The molecular formula is C13H16N2O2. The number of hydrogen-bond donors (Lipinski definition) is 1. The molecule has 17 heavy (non-hydrogen) atoms. The van der Waals surface area contributed by atoms with Crippen LogP contribution in [0.15, 0.2) is 30.5 Å². The minimum atomic E-state index is -0.708. The molecule has 0 aliphatic rings. The number of ether oxygens (including phenoxy) is 1. The predicted octanol–water partition coefficient (Wildman–Crippen LogP) is 1.82. The number of nitrogens with zero attached hydrogens (tertiary/aromatic N) is 2. The van der Waals surface area contributed by atoms with Crippen molar-refractivity contribution in [1.82, 2.24) is 9.78 Å². The SMILES string of the molecule is COc1ccccc1C(O)c1cnn(C)c1C. The molecule has 1 N–H and O–H groups in total. The third-order valence-electron chi connectivity index (χ3n) is 3.00. The fourth-order valence-electron chi connectivity index (χ4n) is 1.84. The predicted molar refractivity (Wildman–Crippen MR) is 65.0 cm³/mol. The first-order valence-corrected chi connectivity index (χ1v) is 5.44. The van der Waals surface area contributed by atoms with Gasteiger partial charge in [-0.2, -0.15) is 5.10 Å². The summed E-state index contributed by atoms with van der Waals surface area (Å²) < 4.78 is 6.99. The lowest BCUT2D eigenvalue weighted by atomic mass is 10.0. The quantitative estimate of drug-likeness (QED) is 0.878. The zero-order chi connectivity index (χ0) is 12.4. The Morgan fingerprint density at radius 1 is 1.29 bits per heavy atom. The van der Waals surface area contributed by atoms with Gasteiger partial charge in [0.1, 0.15) is 11.9 Å². The zero-order valence-corrected chi connectivity index (χ0v) is 10.2. The standard InChI is InChI=1S/C13H16N2O2/c1-9-11(8-14-15(9)2)13(16)10-6-4-5-7-12(10)17-3/h4-8,13,16H,1-3H3. The van der Waals surface area contributed by atoms with Crippen LogP contribution in [0.5, 0.6) is 5.75 Å². The fraction of sp³-hybridized carbons (Fsp3) is 0.308. The van der Waals surface area contributed by atoms with E-state index in [1.807, 2.05) is 38.2 Å². The van der Waals surface area contributed by atoms with Crippen molar-refractivity contribution in [2.45, 2.75) is 13.0 Å². The first-order valence-electron chi connectivity index (χ1n) is 5.44. The van der Waals surface area contributed by atoms with Gasteiger partial charge in [-0.1, -0.05) is 18.2 Å². The van der Waals surface area contributed by atoms with Crippen molar-refractivity contribution in [3.05, 3.63) is 47.3 Å². The lowest BCUT2D eigenvalue weighted by molar-refractivity contribution is 0.214. The van der Waals surface area contributed by atoms with E-state index in [-0.39, 0.29) is 0 Å². The van der Waals surface area contributed by atoms with E-state index in [1.165, 1.54) is 0 Å². The van der Waals surface area contributed by atoms with Crippen molar-refractivity contribution in [1.29, 1.82) is 0 Å². The van der Waals surface area contributed by atoms with Gasteiger partial charge in [0.05, 0.1) is 13.3 Å². The summed E-state index contributed by atoms with van der Waals surface area (Å²) in [5.41, 5.74) is 2.51. The van der Waals surface area contributed by atoms with E-state index >= 15 is 0 Å². The van der Waals surface area contributed by atoms with Crippen LogP contribution in [-0.2, 0) is 7.05 Å². The molecule has 0 fully saturated rings. The summed E-state index contributed by atoms with van der Waals surface area (Å²) in [5.74, 6) is 0.684. The molecule has 0 aliphatic heterocycles. The van der Waals surface area contributed by atoms with Crippen LogP contribution in [0.2, 0.25) is 0 Å². The maximum absolute atomic E-state index is 10.4. The third-order valence-corrected chi connectivity index (χ3v) is 3.00. The van der Waals surface area contributed by atoms with E-state index < -0.39 is 6.10 Å². The summed E-state index contributed by atoms with van der Waals surface area (Å²) in [5, 5.41) is 14.5. The smallest absolute Gasteiger partial charge is 0.125 e. The second-order valence-corrected chi connectivity index (χ2v) is 3.95. The van der Waals surface area contributed by atoms with Crippen molar-refractivity contribution in [2.75, 3.05) is 7.11 Å². The van der Waals surface area contributed by atoms with Crippen LogP contribution in [0.1, 0.15) is 22.9 Å². The van der Waals surface area contributed by atoms with Gasteiger partial charge >= 0.3 is 0 Å². The van der Waals surface area contributed by atoms with Crippen molar-refractivity contribution in [3.63, 3.8) is 0 Å². The number of methoxy groups -OCH3 is 1. The van der Waals surface area contributed by atoms with Crippen LogP contribution in [0.4, 0.5) is 0 Å². The first-order chi connectivity index (χ1) is 8.15. The Bertz CT molecular complexity index is 520. The lowest BCUT2D eigenvalue weighted by Gasteiger charge is -2.14. The number of benzene rings is 1. The molecule has 2 aromatic rings. The van der Waals surface area contributed by atoms with Crippen molar-refractivity contribution < 1.29 is 9.84 Å². The summed E-state index contributed by atoms with van der Waals surface area (Å²) in [6, 6.07) is 7.46. The van der Waals surface area contributed by atoms with Crippen LogP contribution in [0.25, 0.3) is 0 Å². The van der Waals surface area contributed by atoms with Gasteiger partial charge in [0.25, 0.3) is 0 Å². The van der Waals surface area contributed by atoms with E-state index in [9.17, 15) is 5.11 Å². The molecule has 0 aliphatic carbocycles. The highest BCUT2D eigenvalue weighted by atomic mass is 16.5. The molecule has 1 heterocycles. The average molecular weight is 232 g/mol. The molecule has 0 radical (unpaired) electrons. The molecule has 0 saturated carbocycles. The summed E-state index contributed by atoms with van der Waals surface area (Å²) in [6.45, 7) is 1.93. The average Bonchev–Trinajstić information content (AvgIpc) is 2.69. The second kappa shape index (κ2) is 4.59. The Morgan fingerprint density at radius 3 is 2.59 bits per heavy atom. The molecule has 0 saturated heterocycles. The topological polar surface area (TPSA) is 47.3 Å². The van der Waals surface area contributed by atoms with Crippen LogP contribution < -0.4 is 4.74 Å². The van der Waals surface area contributed by atoms with Gasteiger partial charge in [-0.15, -0.1) is 0 Å². The molecule has 4 heteroatoms. The number of aryl methyl sites for hydroxylation is 1. The summed E-state index contributed by atoms with van der Waals surface area (Å²) >= 11 is 0. The van der Waals surface area contributed by atoms with Gasteiger partial charge in [-0.05, 0) is 13.0 Å². The van der Waals surface area contributed by atoms with E-state index in [0.29, 0.717) is 5.75 Å². The zero-order valence-electron chi connectivity index (χ0n) is 10.2.